The summed E-state index contributed by atoms with van der Waals surface area (Å²) in [5.74, 6) is 1.28. The van der Waals surface area contributed by atoms with E-state index >= 15 is 0 Å². The highest BCUT2D eigenvalue weighted by Crippen LogP contribution is 2.35. The van der Waals surface area contributed by atoms with Gasteiger partial charge in [-0.25, -0.2) is 0 Å². The highest BCUT2D eigenvalue weighted by molar-refractivity contribution is 6.32. The molecule has 2 nitrogen and oxygen atoms in total. The Labute approximate surface area is 131 Å². The van der Waals surface area contributed by atoms with Gasteiger partial charge in [0.25, 0.3) is 0 Å². The number of benzene rings is 2. The Bertz CT molecular complexity index is 642. The Morgan fingerprint density at radius 3 is 2.43 bits per heavy atom. The van der Waals surface area contributed by atoms with Crippen LogP contribution in [0.4, 0.5) is 0 Å². The highest BCUT2D eigenvalue weighted by Gasteiger charge is 2.16. The maximum Gasteiger partial charge on any atom is 0.151 e. The predicted molar refractivity (Wildman–Crippen MR) is 87.3 cm³/mol. The van der Waals surface area contributed by atoms with Crippen LogP contribution < -0.4 is 4.74 Å². The number of aliphatic hydroxyl groups is 1. The Morgan fingerprint density at radius 1 is 1.14 bits per heavy atom. The van der Waals surface area contributed by atoms with E-state index in [2.05, 4.69) is 32.9 Å². The third-order valence-corrected chi connectivity index (χ3v) is 3.77. The molecule has 0 heterocycles. The minimum absolute atomic E-state index is 0.101. The van der Waals surface area contributed by atoms with Crippen molar-refractivity contribution in [2.45, 2.75) is 39.7 Å². The summed E-state index contributed by atoms with van der Waals surface area (Å²) in [5.41, 5.74) is 3.09. The normalized spacial score (nSPS) is 11.5. The number of para-hydroxylation sites is 1. The number of rotatable bonds is 3. The van der Waals surface area contributed by atoms with Crippen LogP contribution in [0.15, 0.2) is 36.4 Å². The Morgan fingerprint density at radius 2 is 1.86 bits per heavy atom. The molecule has 1 N–H and O–H groups in total. The average molecular weight is 305 g/mol. The standard InChI is InChI=1S/C18H21ClO2/c1-12-10-14(18(2,3)4)8-9-16(12)21-17-13(11-20)6-5-7-15(17)19/h5-10,20H,11H2,1-4H3. The molecule has 0 aliphatic rings. The van der Waals surface area contributed by atoms with Crippen LogP contribution in [0, 0.1) is 6.92 Å². The van der Waals surface area contributed by atoms with Gasteiger partial charge in [0.15, 0.2) is 5.75 Å². The number of aryl methyl sites for hydroxylation is 1. The van der Waals surface area contributed by atoms with Crippen LogP contribution in [0.2, 0.25) is 5.02 Å². The highest BCUT2D eigenvalue weighted by atomic mass is 35.5. The van der Waals surface area contributed by atoms with Gasteiger partial charge >= 0.3 is 0 Å². The fourth-order valence-corrected chi connectivity index (χ4v) is 2.37. The van der Waals surface area contributed by atoms with Gasteiger partial charge in [-0.05, 0) is 35.6 Å². The zero-order valence-corrected chi connectivity index (χ0v) is 13.7. The van der Waals surface area contributed by atoms with E-state index in [-0.39, 0.29) is 12.0 Å². The van der Waals surface area contributed by atoms with Crippen LogP contribution in [0.5, 0.6) is 11.5 Å². The largest absolute Gasteiger partial charge is 0.455 e. The van der Waals surface area contributed by atoms with Crippen molar-refractivity contribution in [3.63, 3.8) is 0 Å². The molecule has 0 unspecified atom stereocenters. The number of ether oxygens (including phenoxy) is 1. The van der Waals surface area contributed by atoms with Crippen molar-refractivity contribution in [2.75, 3.05) is 0 Å². The second-order valence-electron chi connectivity index (χ2n) is 6.22. The first-order chi connectivity index (χ1) is 9.82. The molecule has 0 amide bonds. The Balaban J connectivity index is 2.37. The van der Waals surface area contributed by atoms with E-state index in [1.807, 2.05) is 13.0 Å². The first-order valence-electron chi connectivity index (χ1n) is 7.00. The third kappa shape index (κ3) is 3.58. The van der Waals surface area contributed by atoms with E-state index in [0.29, 0.717) is 16.3 Å². The van der Waals surface area contributed by atoms with Crippen molar-refractivity contribution < 1.29 is 9.84 Å². The van der Waals surface area contributed by atoms with Gasteiger partial charge in [-0.1, -0.05) is 56.6 Å². The van der Waals surface area contributed by atoms with Gasteiger partial charge in [-0.3, -0.25) is 0 Å². The number of aliphatic hydroxyl groups excluding tert-OH is 1. The van der Waals surface area contributed by atoms with Crippen molar-refractivity contribution in [2.24, 2.45) is 0 Å². The molecular formula is C18H21ClO2. The minimum Gasteiger partial charge on any atom is -0.455 e. The summed E-state index contributed by atoms with van der Waals surface area (Å²) in [6, 6.07) is 11.5. The van der Waals surface area contributed by atoms with E-state index in [0.717, 1.165) is 11.3 Å². The second kappa shape index (κ2) is 6.08. The van der Waals surface area contributed by atoms with Crippen molar-refractivity contribution in [3.8, 4) is 11.5 Å². The first-order valence-corrected chi connectivity index (χ1v) is 7.38. The van der Waals surface area contributed by atoms with Crippen LogP contribution >= 0.6 is 11.6 Å². The van der Waals surface area contributed by atoms with Gasteiger partial charge in [0.2, 0.25) is 0 Å². The first kappa shape index (κ1) is 15.9. The van der Waals surface area contributed by atoms with Gasteiger partial charge in [0.1, 0.15) is 5.75 Å². The van der Waals surface area contributed by atoms with Crippen LogP contribution in [-0.2, 0) is 12.0 Å². The number of halogens is 1. The summed E-state index contributed by atoms with van der Waals surface area (Å²) < 4.78 is 5.94. The van der Waals surface area contributed by atoms with Crippen molar-refractivity contribution >= 4 is 11.6 Å². The average Bonchev–Trinajstić information content (AvgIpc) is 2.41. The van der Waals surface area contributed by atoms with Gasteiger partial charge < -0.3 is 9.84 Å². The lowest BCUT2D eigenvalue weighted by Gasteiger charge is -2.21. The fourth-order valence-electron chi connectivity index (χ4n) is 2.13. The maximum atomic E-state index is 9.40. The van der Waals surface area contributed by atoms with E-state index in [1.54, 1.807) is 18.2 Å². The van der Waals surface area contributed by atoms with Gasteiger partial charge in [-0.15, -0.1) is 0 Å². The zero-order chi connectivity index (χ0) is 15.6. The molecule has 2 aromatic rings. The quantitative estimate of drug-likeness (QED) is 0.841. The van der Waals surface area contributed by atoms with Crippen molar-refractivity contribution in [1.29, 1.82) is 0 Å². The summed E-state index contributed by atoms with van der Waals surface area (Å²) in [6.45, 7) is 8.45. The predicted octanol–water partition coefficient (Wildman–Crippen LogP) is 5.23. The van der Waals surface area contributed by atoms with Crippen LogP contribution in [-0.4, -0.2) is 5.11 Å². The Kier molecular flexibility index (Phi) is 4.60. The molecule has 0 radical (unpaired) electrons. The van der Waals surface area contributed by atoms with Gasteiger partial charge in [0.05, 0.1) is 11.6 Å². The smallest absolute Gasteiger partial charge is 0.151 e. The maximum absolute atomic E-state index is 9.40. The van der Waals surface area contributed by atoms with Crippen LogP contribution in [0.1, 0.15) is 37.5 Å². The molecule has 0 aliphatic heterocycles. The molecule has 0 atom stereocenters. The lowest BCUT2D eigenvalue weighted by Crippen LogP contribution is -2.11. The zero-order valence-electron chi connectivity index (χ0n) is 12.9. The fraction of sp³-hybridized carbons (Fsp3) is 0.333. The second-order valence-corrected chi connectivity index (χ2v) is 6.63. The Hall–Kier alpha value is -1.51. The van der Waals surface area contributed by atoms with Crippen molar-refractivity contribution in [3.05, 3.63) is 58.1 Å². The van der Waals surface area contributed by atoms with Gasteiger partial charge in [-0.2, -0.15) is 0 Å². The SMILES string of the molecule is Cc1cc(C(C)(C)C)ccc1Oc1c(Cl)cccc1CO. The molecule has 2 aromatic carbocycles. The van der Waals surface area contributed by atoms with Crippen LogP contribution in [0.3, 0.4) is 0 Å². The summed E-state index contributed by atoms with van der Waals surface area (Å²) in [7, 11) is 0. The molecule has 0 bridgehead atoms. The van der Waals surface area contributed by atoms with E-state index < -0.39 is 0 Å². The van der Waals surface area contributed by atoms with E-state index in [1.165, 1.54) is 5.56 Å². The summed E-state index contributed by atoms with van der Waals surface area (Å²) in [6.07, 6.45) is 0. The molecule has 0 saturated heterocycles. The molecule has 0 spiro atoms. The molecule has 2 rings (SSSR count). The topological polar surface area (TPSA) is 29.5 Å². The third-order valence-electron chi connectivity index (χ3n) is 3.47. The molecule has 3 heteroatoms. The van der Waals surface area contributed by atoms with E-state index in [9.17, 15) is 5.11 Å². The van der Waals surface area contributed by atoms with Gasteiger partial charge in [0, 0.05) is 5.56 Å². The number of hydrogen-bond donors (Lipinski definition) is 1. The summed E-state index contributed by atoms with van der Waals surface area (Å²) >= 11 is 6.18. The van der Waals surface area contributed by atoms with E-state index in [4.69, 9.17) is 16.3 Å². The minimum atomic E-state index is -0.102. The molecule has 112 valence electrons. The molecular weight excluding hydrogens is 284 g/mol. The van der Waals surface area contributed by atoms with Crippen LogP contribution in [0.25, 0.3) is 0 Å². The number of hydrogen-bond acceptors (Lipinski definition) is 2. The monoisotopic (exact) mass is 304 g/mol. The lowest BCUT2D eigenvalue weighted by molar-refractivity contribution is 0.276. The molecule has 0 saturated carbocycles. The summed E-state index contributed by atoms with van der Waals surface area (Å²) in [4.78, 5) is 0. The summed E-state index contributed by atoms with van der Waals surface area (Å²) in [5, 5.41) is 9.90. The molecule has 0 aromatic heterocycles. The van der Waals surface area contributed by atoms with Crippen molar-refractivity contribution in [1.82, 2.24) is 0 Å². The molecule has 0 fully saturated rings. The lowest BCUT2D eigenvalue weighted by atomic mass is 9.86. The molecule has 21 heavy (non-hydrogen) atoms. The molecule has 0 aliphatic carbocycles.